The van der Waals surface area contributed by atoms with Crippen LogP contribution in [0.4, 0.5) is 0 Å². The number of hydrogen-bond donors (Lipinski definition) is 1. The first kappa shape index (κ1) is 11.1. The molecule has 0 radical (unpaired) electrons. The van der Waals surface area contributed by atoms with Gasteiger partial charge < -0.3 is 4.52 Å². The normalized spacial score (nSPS) is 20.9. The highest BCUT2D eigenvalue weighted by molar-refractivity contribution is 5.84. The van der Waals surface area contributed by atoms with Crippen LogP contribution in [0.1, 0.15) is 43.9 Å². The van der Waals surface area contributed by atoms with E-state index in [-0.39, 0.29) is 11.7 Å². The zero-order valence-electron chi connectivity index (χ0n) is 9.80. The van der Waals surface area contributed by atoms with Crippen molar-refractivity contribution in [2.24, 2.45) is 0 Å². The van der Waals surface area contributed by atoms with Gasteiger partial charge in [-0.05, 0) is 12.8 Å². The molecule has 1 fully saturated rings. The van der Waals surface area contributed by atoms with Gasteiger partial charge in [0.25, 0.3) is 0 Å². The largest absolute Gasteiger partial charge is 0.338 e. The van der Waals surface area contributed by atoms with Crippen LogP contribution in [-0.2, 0) is 4.79 Å². The molecule has 1 atom stereocenters. The Balaban J connectivity index is 1.86. The average molecular weight is 247 g/mol. The number of H-pyrrole nitrogens is 1. The van der Waals surface area contributed by atoms with Gasteiger partial charge >= 0.3 is 0 Å². The van der Waals surface area contributed by atoms with Crippen LogP contribution in [0.15, 0.2) is 10.7 Å². The first-order valence-corrected chi connectivity index (χ1v) is 6.07. The molecular weight excluding hydrogens is 234 g/mol. The predicted molar refractivity (Wildman–Crippen MR) is 60.5 cm³/mol. The molecule has 1 unspecified atom stereocenters. The number of Topliss-reactive ketones (excluding diaryl/α,β-unsaturated/α-hetero) is 1. The smallest absolute Gasteiger partial charge is 0.237 e. The van der Waals surface area contributed by atoms with Crippen molar-refractivity contribution in [1.29, 1.82) is 0 Å². The molecule has 0 aliphatic heterocycles. The average Bonchev–Trinajstić information content (AvgIpc) is 3.00. The summed E-state index contributed by atoms with van der Waals surface area (Å²) in [5.41, 5.74) is 0.520. The number of rotatable bonds is 2. The molecule has 1 N–H and O–H groups in total. The Morgan fingerprint density at radius 1 is 1.33 bits per heavy atom. The fourth-order valence-corrected chi connectivity index (χ4v) is 2.21. The van der Waals surface area contributed by atoms with Crippen LogP contribution in [0.25, 0.3) is 11.5 Å². The molecule has 18 heavy (non-hydrogen) atoms. The second-order valence-electron chi connectivity index (χ2n) is 4.43. The number of hydrogen-bond acceptors (Lipinski definition) is 6. The van der Waals surface area contributed by atoms with E-state index in [9.17, 15) is 4.79 Å². The summed E-state index contributed by atoms with van der Waals surface area (Å²) in [6, 6.07) is 0. The van der Waals surface area contributed by atoms with Gasteiger partial charge in [0.05, 0.1) is 12.1 Å². The van der Waals surface area contributed by atoms with Crippen LogP contribution in [0.2, 0.25) is 0 Å². The minimum Gasteiger partial charge on any atom is -0.338 e. The third kappa shape index (κ3) is 2.03. The Morgan fingerprint density at radius 2 is 2.28 bits per heavy atom. The Hall–Kier alpha value is -2.05. The number of ketones is 1. The number of aromatic nitrogens is 5. The Bertz CT molecular complexity index is 533. The lowest BCUT2D eigenvalue weighted by Gasteiger charge is -2.05. The molecule has 2 aromatic heterocycles. The maximum atomic E-state index is 11.9. The summed E-state index contributed by atoms with van der Waals surface area (Å²) in [5, 5.41) is 13.9. The maximum Gasteiger partial charge on any atom is 0.237 e. The second-order valence-corrected chi connectivity index (χ2v) is 4.43. The van der Waals surface area contributed by atoms with Gasteiger partial charge in [-0.2, -0.15) is 20.4 Å². The second kappa shape index (κ2) is 4.67. The third-order valence-electron chi connectivity index (χ3n) is 3.19. The summed E-state index contributed by atoms with van der Waals surface area (Å²) >= 11 is 0. The highest BCUT2D eigenvalue weighted by atomic mass is 16.5. The fourth-order valence-electron chi connectivity index (χ4n) is 2.21. The molecule has 1 saturated carbocycles. The summed E-state index contributed by atoms with van der Waals surface area (Å²) in [5.74, 6) is 0.721. The minimum absolute atomic E-state index is 0.197. The number of aromatic amines is 1. The van der Waals surface area contributed by atoms with Crippen molar-refractivity contribution >= 4 is 5.78 Å². The SMILES string of the molecule is O=C1CCCCCC1c1nc(-c2cn[nH]n2)no1. The van der Waals surface area contributed by atoms with Crippen molar-refractivity contribution in [1.82, 2.24) is 25.6 Å². The molecule has 1 aliphatic rings. The van der Waals surface area contributed by atoms with Gasteiger partial charge in [-0.1, -0.05) is 18.0 Å². The zero-order chi connectivity index (χ0) is 12.4. The number of carbonyl (C=O) groups excluding carboxylic acids is 1. The first-order valence-electron chi connectivity index (χ1n) is 6.07. The summed E-state index contributed by atoms with van der Waals surface area (Å²) in [7, 11) is 0. The molecule has 2 heterocycles. The van der Waals surface area contributed by atoms with Gasteiger partial charge in [0.2, 0.25) is 11.7 Å². The lowest BCUT2D eigenvalue weighted by molar-refractivity contribution is -0.120. The van der Waals surface area contributed by atoms with E-state index in [1.54, 1.807) is 0 Å². The third-order valence-corrected chi connectivity index (χ3v) is 3.19. The van der Waals surface area contributed by atoms with Gasteiger partial charge in [-0.25, -0.2) is 0 Å². The van der Waals surface area contributed by atoms with Crippen molar-refractivity contribution in [2.45, 2.75) is 38.0 Å². The van der Waals surface area contributed by atoms with E-state index in [1.165, 1.54) is 6.20 Å². The molecule has 0 amide bonds. The molecule has 1 aliphatic carbocycles. The van der Waals surface area contributed by atoms with Crippen LogP contribution in [0.3, 0.4) is 0 Å². The molecule has 0 aromatic carbocycles. The quantitative estimate of drug-likeness (QED) is 0.807. The van der Waals surface area contributed by atoms with Crippen LogP contribution in [0, 0.1) is 0 Å². The van der Waals surface area contributed by atoms with Crippen LogP contribution in [-0.4, -0.2) is 31.3 Å². The van der Waals surface area contributed by atoms with Crippen molar-refractivity contribution in [2.75, 3.05) is 0 Å². The Morgan fingerprint density at radius 3 is 3.11 bits per heavy atom. The van der Waals surface area contributed by atoms with Crippen molar-refractivity contribution in [3.8, 4) is 11.5 Å². The molecule has 0 saturated heterocycles. The number of nitrogens with one attached hydrogen (secondary N) is 1. The molecule has 3 rings (SSSR count). The van der Waals surface area contributed by atoms with Gasteiger partial charge in [-0.3, -0.25) is 4.79 Å². The van der Waals surface area contributed by atoms with Crippen LogP contribution < -0.4 is 0 Å². The predicted octanol–water partition coefficient (Wildman–Crippen LogP) is 1.47. The summed E-state index contributed by atoms with van der Waals surface area (Å²) in [4.78, 5) is 16.2. The molecule has 0 spiro atoms. The Labute approximate surface area is 103 Å². The zero-order valence-corrected chi connectivity index (χ0v) is 9.80. The van der Waals surface area contributed by atoms with E-state index >= 15 is 0 Å². The molecule has 7 heteroatoms. The first-order chi connectivity index (χ1) is 8.84. The summed E-state index contributed by atoms with van der Waals surface area (Å²) in [6.45, 7) is 0. The lowest BCUT2D eigenvalue weighted by Crippen LogP contribution is -2.10. The maximum absolute atomic E-state index is 11.9. The molecule has 0 bridgehead atoms. The standard InChI is InChI=1S/C11H13N5O2/c17-9-5-3-1-2-4-7(9)11-13-10(15-18-11)8-6-12-16-14-8/h6-7H,1-5H2,(H,12,14,16). The number of nitrogens with zero attached hydrogens (tertiary/aromatic N) is 4. The highest BCUT2D eigenvalue weighted by Gasteiger charge is 2.28. The Kier molecular flexibility index (Phi) is 2.87. The van der Waals surface area contributed by atoms with E-state index in [4.69, 9.17) is 4.52 Å². The fraction of sp³-hybridized carbons (Fsp3) is 0.545. The van der Waals surface area contributed by atoms with Crippen molar-refractivity contribution in [3.05, 3.63) is 12.1 Å². The van der Waals surface area contributed by atoms with Crippen LogP contribution >= 0.6 is 0 Å². The lowest BCUT2D eigenvalue weighted by atomic mass is 9.99. The molecule has 94 valence electrons. The van der Waals surface area contributed by atoms with E-state index in [0.29, 0.717) is 23.8 Å². The van der Waals surface area contributed by atoms with Crippen molar-refractivity contribution in [3.63, 3.8) is 0 Å². The van der Waals surface area contributed by atoms with Gasteiger partial charge in [0, 0.05) is 6.42 Å². The van der Waals surface area contributed by atoms with E-state index in [0.717, 1.165) is 25.7 Å². The van der Waals surface area contributed by atoms with Crippen LogP contribution in [0.5, 0.6) is 0 Å². The topological polar surface area (TPSA) is 97.6 Å². The van der Waals surface area contributed by atoms with Gasteiger partial charge in [0.1, 0.15) is 5.78 Å². The monoisotopic (exact) mass is 247 g/mol. The minimum atomic E-state index is -0.249. The van der Waals surface area contributed by atoms with E-state index in [1.807, 2.05) is 0 Å². The molecule has 7 nitrogen and oxygen atoms in total. The van der Waals surface area contributed by atoms with E-state index in [2.05, 4.69) is 25.6 Å². The van der Waals surface area contributed by atoms with Gasteiger partial charge in [0.15, 0.2) is 5.69 Å². The summed E-state index contributed by atoms with van der Waals surface area (Å²) in [6.07, 6.45) is 5.99. The highest BCUT2D eigenvalue weighted by Crippen LogP contribution is 2.28. The molecular formula is C11H13N5O2. The van der Waals surface area contributed by atoms with Crippen molar-refractivity contribution < 1.29 is 9.32 Å². The molecule has 2 aromatic rings. The van der Waals surface area contributed by atoms with Gasteiger partial charge in [-0.15, -0.1) is 0 Å². The number of carbonyl (C=O) groups is 1. The summed E-state index contributed by atoms with van der Waals surface area (Å²) < 4.78 is 5.19. The van der Waals surface area contributed by atoms with E-state index < -0.39 is 0 Å².